The van der Waals surface area contributed by atoms with Gasteiger partial charge in [-0.15, -0.1) is 0 Å². The highest BCUT2D eigenvalue weighted by Crippen LogP contribution is 2.27. The first-order valence-electron chi connectivity index (χ1n) is 10.7. The van der Waals surface area contributed by atoms with Crippen molar-refractivity contribution >= 4 is 23.1 Å². The smallest absolute Gasteiger partial charge is 0.296 e. The Balaban J connectivity index is 1.64. The predicted molar refractivity (Wildman–Crippen MR) is 123 cm³/mol. The Kier molecular flexibility index (Phi) is 6.80. The molecule has 0 atom stereocenters. The number of nitrogens with zero attached hydrogens (tertiary/aromatic N) is 2. The highest BCUT2D eigenvalue weighted by Gasteiger charge is 2.23. The summed E-state index contributed by atoms with van der Waals surface area (Å²) in [7, 11) is 4.14. The second-order valence-electron chi connectivity index (χ2n) is 9.46. The zero-order valence-corrected chi connectivity index (χ0v) is 19.0. The van der Waals surface area contributed by atoms with Crippen LogP contribution in [-0.2, 0) is 10.2 Å². The molecule has 0 spiro atoms. The van der Waals surface area contributed by atoms with E-state index in [0.29, 0.717) is 17.3 Å². The van der Waals surface area contributed by atoms with Crippen LogP contribution in [0.2, 0.25) is 0 Å². The zero-order chi connectivity index (χ0) is 22.8. The van der Waals surface area contributed by atoms with Crippen LogP contribution < -0.4 is 10.2 Å². The molecule has 31 heavy (non-hydrogen) atoms. The molecule has 2 aromatic rings. The molecule has 2 aromatic carbocycles. The number of hydrogen-bond acceptors (Lipinski definition) is 4. The summed E-state index contributed by atoms with van der Waals surface area (Å²) in [4.78, 5) is 29.1. The number of rotatable bonds is 5. The molecule has 6 heteroatoms. The van der Waals surface area contributed by atoms with Crippen molar-refractivity contribution in [1.82, 2.24) is 4.90 Å². The molecule has 1 heterocycles. The van der Waals surface area contributed by atoms with Crippen molar-refractivity contribution in [2.75, 3.05) is 37.4 Å². The lowest BCUT2D eigenvalue weighted by Gasteiger charge is -2.36. The van der Waals surface area contributed by atoms with E-state index in [0.717, 1.165) is 31.5 Å². The van der Waals surface area contributed by atoms with Crippen molar-refractivity contribution < 1.29 is 14.0 Å². The third-order valence-electron chi connectivity index (χ3n) is 5.96. The van der Waals surface area contributed by atoms with Crippen LogP contribution in [0.25, 0.3) is 0 Å². The molecular weight excluding hydrogens is 393 g/mol. The Labute approximate surface area is 184 Å². The number of Topliss-reactive ketones (excluding diaryl/α,β-unsaturated/α-hetero) is 1. The predicted octanol–water partition coefficient (Wildman–Crippen LogP) is 4.48. The van der Waals surface area contributed by atoms with Crippen LogP contribution in [0.15, 0.2) is 42.5 Å². The molecular formula is C25H32FN3O2. The SMILES string of the molecule is CN(C)C1CCN(c2ccc(NC(=O)C(=O)c3ccc(C(C)(C)C)cc3)cc2F)CC1. The highest BCUT2D eigenvalue weighted by molar-refractivity contribution is 6.46. The lowest BCUT2D eigenvalue weighted by Crippen LogP contribution is -2.42. The van der Waals surface area contributed by atoms with Crippen LogP contribution >= 0.6 is 0 Å². The molecule has 0 unspecified atom stereocenters. The van der Waals surface area contributed by atoms with Crippen molar-refractivity contribution in [1.29, 1.82) is 0 Å². The topological polar surface area (TPSA) is 52.6 Å². The summed E-state index contributed by atoms with van der Waals surface area (Å²) in [6.07, 6.45) is 1.96. The Morgan fingerprint density at radius 2 is 1.65 bits per heavy atom. The number of ketones is 1. The van der Waals surface area contributed by atoms with Crippen molar-refractivity contribution in [2.45, 2.75) is 45.1 Å². The van der Waals surface area contributed by atoms with Crippen LogP contribution in [0.5, 0.6) is 0 Å². The number of piperidine rings is 1. The van der Waals surface area contributed by atoms with E-state index in [-0.39, 0.29) is 11.1 Å². The molecule has 1 fully saturated rings. The third kappa shape index (κ3) is 5.50. The normalized spacial score (nSPS) is 15.3. The first-order valence-corrected chi connectivity index (χ1v) is 10.7. The monoisotopic (exact) mass is 425 g/mol. The summed E-state index contributed by atoms with van der Waals surface area (Å²) in [5.41, 5.74) is 2.15. The maximum atomic E-state index is 14.7. The third-order valence-corrected chi connectivity index (χ3v) is 5.96. The summed E-state index contributed by atoms with van der Waals surface area (Å²) in [5.74, 6) is -1.82. The summed E-state index contributed by atoms with van der Waals surface area (Å²) in [5, 5.41) is 2.52. The number of halogens is 1. The van der Waals surface area contributed by atoms with Crippen LogP contribution in [0, 0.1) is 5.82 Å². The number of benzene rings is 2. The van der Waals surface area contributed by atoms with Crippen molar-refractivity contribution in [3.05, 3.63) is 59.4 Å². The molecule has 5 nitrogen and oxygen atoms in total. The molecule has 1 aliphatic rings. The fourth-order valence-corrected chi connectivity index (χ4v) is 3.90. The second-order valence-corrected chi connectivity index (χ2v) is 9.46. The fourth-order valence-electron chi connectivity index (χ4n) is 3.90. The van der Waals surface area contributed by atoms with Crippen LogP contribution in [0.4, 0.5) is 15.8 Å². The minimum atomic E-state index is -0.776. The van der Waals surface area contributed by atoms with E-state index in [2.05, 4.69) is 45.1 Å². The molecule has 0 radical (unpaired) electrons. The maximum Gasteiger partial charge on any atom is 0.296 e. The lowest BCUT2D eigenvalue weighted by molar-refractivity contribution is -0.112. The van der Waals surface area contributed by atoms with Gasteiger partial charge in [0, 0.05) is 30.4 Å². The van der Waals surface area contributed by atoms with Crippen LogP contribution in [-0.4, -0.2) is 49.8 Å². The summed E-state index contributed by atoms with van der Waals surface area (Å²) >= 11 is 0. The molecule has 166 valence electrons. The number of carbonyl (C=O) groups is 2. The molecule has 0 aromatic heterocycles. The quantitative estimate of drug-likeness (QED) is 0.567. The number of nitrogens with one attached hydrogen (secondary N) is 1. The minimum Gasteiger partial charge on any atom is -0.369 e. The number of carbonyl (C=O) groups excluding carboxylic acids is 2. The van der Waals surface area contributed by atoms with Gasteiger partial charge in [0.15, 0.2) is 0 Å². The molecule has 1 aliphatic heterocycles. The first kappa shape index (κ1) is 22.9. The van der Waals surface area contributed by atoms with E-state index in [1.54, 1.807) is 24.3 Å². The van der Waals surface area contributed by atoms with Gasteiger partial charge in [0.2, 0.25) is 0 Å². The van der Waals surface area contributed by atoms with Gasteiger partial charge in [-0.05, 0) is 56.1 Å². The molecule has 3 rings (SSSR count). The van der Waals surface area contributed by atoms with E-state index in [4.69, 9.17) is 0 Å². The maximum absolute atomic E-state index is 14.7. The molecule has 0 aliphatic carbocycles. The van der Waals surface area contributed by atoms with E-state index < -0.39 is 17.5 Å². The zero-order valence-electron chi connectivity index (χ0n) is 19.0. The summed E-state index contributed by atoms with van der Waals surface area (Å²) in [6.45, 7) is 7.82. The van der Waals surface area contributed by atoms with Gasteiger partial charge < -0.3 is 15.1 Å². The van der Waals surface area contributed by atoms with Gasteiger partial charge in [-0.25, -0.2) is 4.39 Å². The number of amides is 1. The van der Waals surface area contributed by atoms with Crippen LogP contribution in [0.1, 0.15) is 49.5 Å². The van der Waals surface area contributed by atoms with E-state index >= 15 is 0 Å². The lowest BCUT2D eigenvalue weighted by atomic mass is 9.86. The minimum absolute atomic E-state index is 0.0369. The largest absolute Gasteiger partial charge is 0.369 e. The standard InChI is InChI=1S/C25H32FN3O2/c1-25(2,3)18-8-6-17(7-9-18)23(30)24(31)27-19-10-11-22(21(26)16-19)29-14-12-20(13-15-29)28(4)5/h6-11,16,20H,12-15H2,1-5H3,(H,27,31). The molecule has 1 amide bonds. The van der Waals surface area contributed by atoms with Crippen LogP contribution in [0.3, 0.4) is 0 Å². The Bertz CT molecular complexity index is 940. The van der Waals surface area contributed by atoms with Gasteiger partial charge in [0.25, 0.3) is 11.7 Å². The Morgan fingerprint density at radius 3 is 2.16 bits per heavy atom. The Hall–Kier alpha value is -2.73. The van der Waals surface area contributed by atoms with E-state index in [1.165, 1.54) is 6.07 Å². The molecule has 0 bridgehead atoms. The number of anilines is 2. The van der Waals surface area contributed by atoms with E-state index in [1.807, 2.05) is 17.0 Å². The first-order chi connectivity index (χ1) is 14.6. The van der Waals surface area contributed by atoms with Gasteiger partial charge in [-0.1, -0.05) is 45.0 Å². The molecule has 0 saturated carbocycles. The average Bonchev–Trinajstić information content (AvgIpc) is 2.73. The summed E-state index contributed by atoms with van der Waals surface area (Å²) in [6, 6.07) is 12.1. The van der Waals surface area contributed by atoms with Gasteiger partial charge in [0.1, 0.15) is 5.82 Å². The van der Waals surface area contributed by atoms with Gasteiger partial charge in [-0.3, -0.25) is 9.59 Å². The van der Waals surface area contributed by atoms with Crippen molar-refractivity contribution in [2.24, 2.45) is 0 Å². The summed E-state index contributed by atoms with van der Waals surface area (Å²) < 4.78 is 14.7. The molecule has 1 N–H and O–H groups in total. The fraction of sp³-hybridized carbons (Fsp3) is 0.440. The van der Waals surface area contributed by atoms with E-state index in [9.17, 15) is 14.0 Å². The Morgan fingerprint density at radius 1 is 1.03 bits per heavy atom. The van der Waals surface area contributed by atoms with Crippen molar-refractivity contribution in [3.63, 3.8) is 0 Å². The van der Waals surface area contributed by atoms with Gasteiger partial charge >= 0.3 is 0 Å². The van der Waals surface area contributed by atoms with Gasteiger partial charge in [-0.2, -0.15) is 0 Å². The number of hydrogen-bond donors (Lipinski definition) is 1. The van der Waals surface area contributed by atoms with Gasteiger partial charge in [0.05, 0.1) is 5.69 Å². The molecule has 1 saturated heterocycles. The second kappa shape index (κ2) is 9.18. The van der Waals surface area contributed by atoms with Crippen molar-refractivity contribution in [3.8, 4) is 0 Å². The average molecular weight is 426 g/mol. The highest BCUT2D eigenvalue weighted by atomic mass is 19.1.